The monoisotopic (exact) mass is 358 g/mol. The van der Waals surface area contributed by atoms with E-state index in [1.165, 1.54) is 4.90 Å². The van der Waals surface area contributed by atoms with E-state index in [9.17, 15) is 19.2 Å². The summed E-state index contributed by atoms with van der Waals surface area (Å²) < 4.78 is 0. The van der Waals surface area contributed by atoms with Crippen molar-refractivity contribution < 1.29 is 19.2 Å². The van der Waals surface area contributed by atoms with Crippen molar-refractivity contribution in [3.63, 3.8) is 0 Å². The van der Waals surface area contributed by atoms with Crippen LogP contribution in [0.2, 0.25) is 0 Å². The Morgan fingerprint density at radius 1 is 1.35 bits per heavy atom. The molecule has 2 aliphatic rings. The van der Waals surface area contributed by atoms with Crippen LogP contribution in [0.25, 0.3) is 0 Å². The van der Waals surface area contributed by atoms with Gasteiger partial charge in [-0.15, -0.1) is 0 Å². The maximum atomic E-state index is 12.8. The second-order valence-electron chi connectivity index (χ2n) is 6.61. The fourth-order valence-electron chi connectivity index (χ4n) is 3.35. The third-order valence-corrected chi connectivity index (χ3v) is 4.77. The van der Waals surface area contributed by atoms with Gasteiger partial charge in [0.1, 0.15) is 6.04 Å². The number of unbranched alkanes of at least 4 members (excludes halogenated alkanes) is 1. The molecule has 138 valence electrons. The van der Waals surface area contributed by atoms with E-state index in [4.69, 9.17) is 5.73 Å². The highest BCUT2D eigenvalue weighted by atomic mass is 16.2. The molecule has 0 bridgehead atoms. The summed E-state index contributed by atoms with van der Waals surface area (Å²) in [5.74, 6) is -1.25. The summed E-state index contributed by atoms with van der Waals surface area (Å²) in [5, 5.41) is 5.08. The van der Waals surface area contributed by atoms with Crippen molar-refractivity contribution in [1.29, 1.82) is 0 Å². The first-order chi connectivity index (χ1) is 12.4. The topological polar surface area (TPSA) is 122 Å². The Kier molecular flexibility index (Phi) is 4.92. The molecule has 26 heavy (non-hydrogen) atoms. The summed E-state index contributed by atoms with van der Waals surface area (Å²) in [7, 11) is 0. The number of hydrogen-bond acceptors (Lipinski definition) is 5. The molecule has 0 aliphatic carbocycles. The van der Waals surface area contributed by atoms with Gasteiger partial charge in [0.15, 0.2) is 0 Å². The number of nitrogens with two attached hydrogens (primary N) is 1. The molecular formula is C18H22N4O4. The highest BCUT2D eigenvalue weighted by molar-refractivity contribution is 6.07. The number of benzene rings is 1. The van der Waals surface area contributed by atoms with Gasteiger partial charge in [-0.2, -0.15) is 0 Å². The van der Waals surface area contributed by atoms with Crippen molar-refractivity contribution in [1.82, 2.24) is 10.2 Å². The van der Waals surface area contributed by atoms with Gasteiger partial charge in [-0.1, -0.05) is 13.3 Å². The average molecular weight is 358 g/mol. The maximum Gasteiger partial charge on any atom is 0.255 e. The zero-order chi connectivity index (χ0) is 18.8. The standard InChI is InChI=1S/C18H22N4O4/c1-2-3-4-14(23)20-16-11-9-22(13-7-8-15(24)21-17(13)25)18(26)10(11)5-6-12(16)19/h5-6,13H,2-4,7-9,19H2,1H3,(H,20,23)(H,21,24,25). The Morgan fingerprint density at radius 2 is 2.12 bits per heavy atom. The smallest absolute Gasteiger partial charge is 0.255 e. The van der Waals surface area contributed by atoms with Gasteiger partial charge < -0.3 is 16.0 Å². The molecule has 4 N–H and O–H groups in total. The molecule has 1 unspecified atom stereocenters. The van der Waals surface area contributed by atoms with Gasteiger partial charge in [-0.3, -0.25) is 24.5 Å². The van der Waals surface area contributed by atoms with Gasteiger partial charge in [0.25, 0.3) is 5.91 Å². The van der Waals surface area contributed by atoms with Crippen LogP contribution in [0.3, 0.4) is 0 Å². The molecule has 2 heterocycles. The number of hydrogen-bond donors (Lipinski definition) is 3. The van der Waals surface area contributed by atoms with Crippen LogP contribution in [0, 0.1) is 0 Å². The highest BCUT2D eigenvalue weighted by Crippen LogP contribution is 2.35. The number of nitrogen functional groups attached to an aromatic ring is 1. The van der Waals surface area contributed by atoms with Crippen molar-refractivity contribution in [2.24, 2.45) is 0 Å². The van der Waals surface area contributed by atoms with Gasteiger partial charge in [0, 0.05) is 30.5 Å². The van der Waals surface area contributed by atoms with E-state index in [0.717, 1.165) is 12.8 Å². The number of imide groups is 1. The fraction of sp³-hybridized carbons (Fsp3) is 0.444. The zero-order valence-electron chi connectivity index (χ0n) is 14.6. The predicted molar refractivity (Wildman–Crippen MR) is 95.1 cm³/mol. The van der Waals surface area contributed by atoms with Crippen LogP contribution in [-0.2, 0) is 20.9 Å². The Labute approximate surface area is 151 Å². The van der Waals surface area contributed by atoms with Crippen LogP contribution in [0.4, 0.5) is 11.4 Å². The third kappa shape index (κ3) is 3.26. The second kappa shape index (κ2) is 7.15. The molecule has 1 aromatic carbocycles. The minimum atomic E-state index is -0.697. The Hall–Kier alpha value is -2.90. The molecule has 1 saturated heterocycles. The number of carbonyl (C=O) groups excluding carboxylic acids is 4. The Balaban J connectivity index is 1.85. The molecule has 0 spiro atoms. The van der Waals surface area contributed by atoms with E-state index in [0.29, 0.717) is 28.9 Å². The van der Waals surface area contributed by atoms with Crippen LogP contribution in [-0.4, -0.2) is 34.6 Å². The first-order valence-electron chi connectivity index (χ1n) is 8.78. The second-order valence-corrected chi connectivity index (χ2v) is 6.61. The zero-order valence-corrected chi connectivity index (χ0v) is 14.6. The number of fused-ring (bicyclic) bond motifs is 1. The lowest BCUT2D eigenvalue weighted by molar-refractivity contribution is -0.137. The van der Waals surface area contributed by atoms with Gasteiger partial charge >= 0.3 is 0 Å². The van der Waals surface area contributed by atoms with E-state index < -0.39 is 11.9 Å². The Bertz CT molecular complexity index is 790. The third-order valence-electron chi connectivity index (χ3n) is 4.77. The van der Waals surface area contributed by atoms with Crippen molar-refractivity contribution in [2.75, 3.05) is 11.1 Å². The van der Waals surface area contributed by atoms with Gasteiger partial charge in [0.2, 0.25) is 17.7 Å². The average Bonchev–Trinajstić information content (AvgIpc) is 2.92. The minimum absolute atomic E-state index is 0.154. The number of piperidine rings is 1. The summed E-state index contributed by atoms with van der Waals surface area (Å²) in [6.07, 6.45) is 2.53. The van der Waals surface area contributed by atoms with Crippen molar-refractivity contribution in [3.05, 3.63) is 23.3 Å². The molecule has 0 aromatic heterocycles. The van der Waals surface area contributed by atoms with Gasteiger partial charge in [-0.25, -0.2) is 0 Å². The lowest BCUT2D eigenvalue weighted by Gasteiger charge is -2.29. The summed E-state index contributed by atoms with van der Waals surface area (Å²) >= 11 is 0. The predicted octanol–water partition coefficient (Wildman–Crippen LogP) is 1.16. The molecule has 0 radical (unpaired) electrons. The van der Waals surface area contributed by atoms with Crippen LogP contribution >= 0.6 is 0 Å². The quantitative estimate of drug-likeness (QED) is 0.538. The van der Waals surface area contributed by atoms with Crippen molar-refractivity contribution in [2.45, 2.75) is 51.6 Å². The molecule has 0 saturated carbocycles. The SMILES string of the molecule is CCCCC(=O)Nc1c(N)ccc2c1CN(C1CCC(=O)NC1=O)C2=O. The van der Waals surface area contributed by atoms with E-state index in [1.54, 1.807) is 12.1 Å². The van der Waals surface area contributed by atoms with Crippen molar-refractivity contribution >= 4 is 35.0 Å². The number of carbonyl (C=O) groups is 4. The van der Waals surface area contributed by atoms with E-state index in [1.807, 2.05) is 6.92 Å². The molecule has 8 heteroatoms. The molecule has 4 amide bonds. The van der Waals surface area contributed by atoms with Gasteiger partial charge in [-0.05, 0) is 25.0 Å². The molecule has 8 nitrogen and oxygen atoms in total. The van der Waals surface area contributed by atoms with E-state index >= 15 is 0 Å². The number of anilines is 2. The largest absolute Gasteiger partial charge is 0.397 e. The first-order valence-corrected chi connectivity index (χ1v) is 8.78. The number of rotatable bonds is 5. The normalized spacial score (nSPS) is 19.3. The lowest BCUT2D eigenvalue weighted by atomic mass is 10.0. The molecule has 1 atom stereocenters. The molecule has 1 fully saturated rings. The fourth-order valence-corrected chi connectivity index (χ4v) is 3.35. The van der Waals surface area contributed by atoms with E-state index in [2.05, 4.69) is 10.6 Å². The Morgan fingerprint density at radius 3 is 2.81 bits per heavy atom. The summed E-state index contributed by atoms with van der Waals surface area (Å²) in [6.45, 7) is 2.17. The molecule has 2 aliphatic heterocycles. The van der Waals surface area contributed by atoms with Crippen LogP contribution < -0.4 is 16.4 Å². The van der Waals surface area contributed by atoms with E-state index in [-0.39, 0.29) is 37.1 Å². The lowest BCUT2D eigenvalue weighted by Crippen LogP contribution is -2.52. The van der Waals surface area contributed by atoms with Crippen LogP contribution in [0.15, 0.2) is 12.1 Å². The number of nitrogens with zero attached hydrogens (tertiary/aromatic N) is 1. The summed E-state index contributed by atoms with van der Waals surface area (Å²) in [4.78, 5) is 49.8. The minimum Gasteiger partial charge on any atom is -0.397 e. The maximum absolute atomic E-state index is 12.8. The number of nitrogens with one attached hydrogen (secondary N) is 2. The summed E-state index contributed by atoms with van der Waals surface area (Å²) in [5.41, 5.74) is 7.88. The summed E-state index contributed by atoms with van der Waals surface area (Å²) in [6, 6.07) is 2.50. The molecular weight excluding hydrogens is 336 g/mol. The molecule has 3 rings (SSSR count). The van der Waals surface area contributed by atoms with Crippen LogP contribution in [0.5, 0.6) is 0 Å². The number of amides is 4. The van der Waals surface area contributed by atoms with Gasteiger partial charge in [0.05, 0.1) is 11.4 Å². The molecule has 1 aromatic rings. The first kappa shape index (κ1) is 17.9. The van der Waals surface area contributed by atoms with Crippen LogP contribution in [0.1, 0.15) is 54.9 Å². The van der Waals surface area contributed by atoms with Crippen molar-refractivity contribution in [3.8, 4) is 0 Å². The highest BCUT2D eigenvalue weighted by Gasteiger charge is 2.40.